The van der Waals surface area contributed by atoms with Gasteiger partial charge in [0.2, 0.25) is 11.8 Å². The maximum Gasteiger partial charge on any atom is 0.226 e. The molecule has 2 aliphatic rings. The summed E-state index contributed by atoms with van der Waals surface area (Å²) >= 11 is 0. The van der Waals surface area contributed by atoms with Gasteiger partial charge in [0.25, 0.3) is 0 Å². The summed E-state index contributed by atoms with van der Waals surface area (Å²) in [6.07, 6.45) is 8.44. The summed E-state index contributed by atoms with van der Waals surface area (Å²) in [4.78, 5) is 21.9. The number of carbonyl (C=O) groups excluding carboxylic acids is 1. The lowest BCUT2D eigenvalue weighted by Gasteiger charge is -2.30. The summed E-state index contributed by atoms with van der Waals surface area (Å²) in [6.45, 7) is 8.49. The molecule has 6 nitrogen and oxygen atoms in total. The van der Waals surface area contributed by atoms with E-state index in [4.69, 9.17) is 4.42 Å². The summed E-state index contributed by atoms with van der Waals surface area (Å²) in [6, 6.07) is 4.88. The predicted octanol–water partition coefficient (Wildman–Crippen LogP) is 3.99. The zero-order valence-electron chi connectivity index (χ0n) is 19.1. The number of aromatic nitrogens is 1. The van der Waals surface area contributed by atoms with E-state index in [1.54, 1.807) is 25.3 Å². The van der Waals surface area contributed by atoms with Crippen LogP contribution in [0.3, 0.4) is 0 Å². The average molecular weight is 443 g/mol. The third-order valence-corrected chi connectivity index (χ3v) is 6.70. The standard InChI is InChI=1S/C25H35FN4O2/c1-19-16-21(6-7-23(19)26)25-28-22(18-32-25)17-30-14-8-20(9-15-30)24(31)27-10-5-13-29-11-3-2-4-12-29/h6-7,16,18,20H,2-5,8-15,17H2,1H3,(H,27,31). The fraction of sp³-hybridized carbons (Fsp3) is 0.600. The number of amides is 1. The molecule has 32 heavy (non-hydrogen) atoms. The maximum atomic E-state index is 13.5. The molecule has 0 radical (unpaired) electrons. The minimum absolute atomic E-state index is 0.108. The van der Waals surface area contributed by atoms with Crippen LogP contribution >= 0.6 is 0 Å². The quantitative estimate of drug-likeness (QED) is 0.627. The van der Waals surface area contributed by atoms with Gasteiger partial charge in [-0.1, -0.05) is 6.42 Å². The first-order valence-electron chi connectivity index (χ1n) is 12.0. The monoisotopic (exact) mass is 442 g/mol. The van der Waals surface area contributed by atoms with Gasteiger partial charge in [-0.25, -0.2) is 9.37 Å². The molecule has 174 valence electrons. The van der Waals surface area contributed by atoms with Crippen molar-refractivity contribution in [2.75, 3.05) is 39.3 Å². The number of piperidine rings is 2. The molecule has 7 heteroatoms. The molecule has 0 bridgehead atoms. The van der Waals surface area contributed by atoms with Crippen LogP contribution < -0.4 is 5.32 Å². The highest BCUT2D eigenvalue weighted by Gasteiger charge is 2.25. The maximum absolute atomic E-state index is 13.5. The Labute approximate surface area is 190 Å². The fourth-order valence-electron chi connectivity index (χ4n) is 4.71. The normalized spacial score (nSPS) is 18.7. The zero-order valence-corrected chi connectivity index (χ0v) is 19.1. The fourth-order valence-corrected chi connectivity index (χ4v) is 4.71. The molecule has 2 aromatic rings. The smallest absolute Gasteiger partial charge is 0.226 e. The van der Waals surface area contributed by atoms with Crippen LogP contribution in [-0.2, 0) is 11.3 Å². The molecule has 1 aromatic heterocycles. The lowest BCUT2D eigenvalue weighted by atomic mass is 9.96. The number of aryl methyl sites for hydroxylation is 1. The van der Waals surface area contributed by atoms with Crippen molar-refractivity contribution < 1.29 is 13.6 Å². The molecule has 1 aromatic carbocycles. The van der Waals surface area contributed by atoms with Crippen molar-refractivity contribution in [1.82, 2.24) is 20.1 Å². The highest BCUT2D eigenvalue weighted by molar-refractivity contribution is 5.78. The summed E-state index contributed by atoms with van der Waals surface area (Å²) in [5, 5.41) is 3.15. The molecular weight excluding hydrogens is 407 g/mol. The van der Waals surface area contributed by atoms with Crippen LogP contribution in [0, 0.1) is 18.7 Å². The van der Waals surface area contributed by atoms with Gasteiger partial charge in [-0.2, -0.15) is 0 Å². The van der Waals surface area contributed by atoms with Gasteiger partial charge >= 0.3 is 0 Å². The molecule has 4 rings (SSSR count). The van der Waals surface area contributed by atoms with Crippen LogP contribution in [0.4, 0.5) is 4.39 Å². The molecule has 2 aliphatic heterocycles. The first-order valence-corrected chi connectivity index (χ1v) is 12.0. The van der Waals surface area contributed by atoms with E-state index in [-0.39, 0.29) is 17.6 Å². The number of rotatable bonds is 8. The van der Waals surface area contributed by atoms with E-state index in [1.165, 1.54) is 38.4 Å². The number of nitrogens with zero attached hydrogens (tertiary/aromatic N) is 3. The van der Waals surface area contributed by atoms with Gasteiger partial charge in [0.15, 0.2) is 0 Å². The topological polar surface area (TPSA) is 61.6 Å². The number of benzene rings is 1. The Morgan fingerprint density at radius 2 is 1.94 bits per heavy atom. The van der Waals surface area contributed by atoms with Gasteiger partial charge in [0, 0.05) is 24.6 Å². The molecule has 0 spiro atoms. The summed E-state index contributed by atoms with van der Waals surface area (Å²) < 4.78 is 19.1. The van der Waals surface area contributed by atoms with E-state index in [9.17, 15) is 9.18 Å². The lowest BCUT2D eigenvalue weighted by Crippen LogP contribution is -2.41. The second-order valence-electron chi connectivity index (χ2n) is 9.21. The average Bonchev–Trinajstić information content (AvgIpc) is 3.28. The minimum atomic E-state index is -0.227. The van der Waals surface area contributed by atoms with Crippen molar-refractivity contribution in [3.05, 3.63) is 41.5 Å². The molecule has 2 fully saturated rings. The van der Waals surface area contributed by atoms with Crippen LogP contribution in [0.25, 0.3) is 11.5 Å². The van der Waals surface area contributed by atoms with Crippen LogP contribution in [0.15, 0.2) is 28.9 Å². The Balaban J connectivity index is 1.17. The van der Waals surface area contributed by atoms with Gasteiger partial charge in [0.1, 0.15) is 12.1 Å². The van der Waals surface area contributed by atoms with Crippen LogP contribution in [-0.4, -0.2) is 60.0 Å². The van der Waals surface area contributed by atoms with E-state index >= 15 is 0 Å². The van der Waals surface area contributed by atoms with E-state index in [0.717, 1.165) is 56.7 Å². The highest BCUT2D eigenvalue weighted by Crippen LogP contribution is 2.23. The van der Waals surface area contributed by atoms with E-state index in [2.05, 4.69) is 20.1 Å². The van der Waals surface area contributed by atoms with Crippen molar-refractivity contribution in [1.29, 1.82) is 0 Å². The van der Waals surface area contributed by atoms with Crippen molar-refractivity contribution in [2.24, 2.45) is 5.92 Å². The summed E-state index contributed by atoms with van der Waals surface area (Å²) in [5.74, 6) is 0.603. The molecule has 2 saturated heterocycles. The predicted molar refractivity (Wildman–Crippen MR) is 123 cm³/mol. The summed E-state index contributed by atoms with van der Waals surface area (Å²) in [5.41, 5.74) is 2.22. The largest absolute Gasteiger partial charge is 0.444 e. The first kappa shape index (κ1) is 22.9. The van der Waals surface area contributed by atoms with Gasteiger partial charge in [-0.15, -0.1) is 0 Å². The Morgan fingerprint density at radius 1 is 1.16 bits per heavy atom. The van der Waals surface area contributed by atoms with Crippen molar-refractivity contribution in [2.45, 2.75) is 52.0 Å². The van der Waals surface area contributed by atoms with Gasteiger partial charge < -0.3 is 14.6 Å². The third-order valence-electron chi connectivity index (χ3n) is 6.70. The van der Waals surface area contributed by atoms with Crippen LogP contribution in [0.5, 0.6) is 0 Å². The zero-order chi connectivity index (χ0) is 22.3. The molecule has 0 aliphatic carbocycles. The molecule has 1 N–H and O–H groups in total. The minimum Gasteiger partial charge on any atom is -0.444 e. The van der Waals surface area contributed by atoms with E-state index in [1.807, 2.05) is 0 Å². The van der Waals surface area contributed by atoms with Gasteiger partial charge in [0.05, 0.1) is 5.69 Å². The first-order chi connectivity index (χ1) is 15.6. The molecule has 3 heterocycles. The lowest BCUT2D eigenvalue weighted by molar-refractivity contribution is -0.126. The number of halogens is 1. The SMILES string of the molecule is Cc1cc(-c2nc(CN3CCC(C(=O)NCCCN4CCCCC4)CC3)co2)ccc1F. The van der Waals surface area contributed by atoms with Crippen molar-refractivity contribution in [3.8, 4) is 11.5 Å². The molecule has 0 atom stereocenters. The molecule has 0 unspecified atom stereocenters. The van der Waals surface area contributed by atoms with Gasteiger partial charge in [-0.3, -0.25) is 9.69 Å². The second-order valence-corrected chi connectivity index (χ2v) is 9.21. The number of carbonyl (C=O) groups is 1. The number of nitrogens with one attached hydrogen (secondary N) is 1. The Hall–Kier alpha value is -2.25. The number of likely N-dealkylation sites (tertiary alicyclic amines) is 2. The molecular formula is C25H35FN4O2. The highest BCUT2D eigenvalue weighted by atomic mass is 19.1. The van der Waals surface area contributed by atoms with Crippen molar-refractivity contribution >= 4 is 5.91 Å². The summed E-state index contributed by atoms with van der Waals surface area (Å²) in [7, 11) is 0. The number of oxazole rings is 1. The van der Waals surface area contributed by atoms with Crippen molar-refractivity contribution in [3.63, 3.8) is 0 Å². The van der Waals surface area contributed by atoms with E-state index < -0.39 is 0 Å². The molecule has 0 saturated carbocycles. The number of hydrogen-bond acceptors (Lipinski definition) is 5. The number of hydrogen-bond donors (Lipinski definition) is 1. The second kappa shape index (κ2) is 11.1. The van der Waals surface area contributed by atoms with E-state index in [0.29, 0.717) is 18.0 Å². The Kier molecular flexibility index (Phi) is 7.92. The Morgan fingerprint density at radius 3 is 2.69 bits per heavy atom. The third kappa shape index (κ3) is 6.17. The Bertz CT molecular complexity index is 886. The van der Waals surface area contributed by atoms with Crippen LogP contribution in [0.1, 0.15) is 49.8 Å². The molecule has 1 amide bonds. The van der Waals surface area contributed by atoms with Crippen LogP contribution in [0.2, 0.25) is 0 Å². The van der Waals surface area contributed by atoms with Gasteiger partial charge in [-0.05, 0) is 95.5 Å².